The molecule has 0 aliphatic heterocycles. The van der Waals surface area contributed by atoms with Crippen LogP contribution < -0.4 is 5.32 Å². The average Bonchev–Trinajstić information content (AvgIpc) is 3.23. The van der Waals surface area contributed by atoms with Gasteiger partial charge in [-0.15, -0.1) is 10.2 Å². The quantitative estimate of drug-likeness (QED) is 0.581. The SMILES string of the molecule is Cc1cc(C(=O)NCCc2nnc3ccccn23)c(C)n1-c1ccccc1F. The molecule has 0 atom stereocenters. The standard InChI is InChI=1S/C21H20FN5O/c1-14-13-16(15(2)27(14)18-8-4-3-7-17(18)22)21(28)23-11-10-20-25-24-19-9-5-6-12-26(19)20/h3-9,12-13H,10-11H2,1-2H3,(H,23,28). The van der Waals surface area contributed by atoms with Crippen LogP contribution in [0, 0.1) is 19.7 Å². The van der Waals surface area contributed by atoms with Gasteiger partial charge >= 0.3 is 0 Å². The van der Waals surface area contributed by atoms with E-state index in [9.17, 15) is 9.18 Å². The van der Waals surface area contributed by atoms with E-state index in [1.807, 2.05) is 42.6 Å². The Morgan fingerprint density at radius 1 is 1.11 bits per heavy atom. The molecule has 4 aromatic rings. The Morgan fingerprint density at radius 3 is 2.71 bits per heavy atom. The molecule has 0 fully saturated rings. The summed E-state index contributed by atoms with van der Waals surface area (Å²) in [5.74, 6) is 0.271. The number of amides is 1. The lowest BCUT2D eigenvalue weighted by atomic mass is 10.2. The maximum Gasteiger partial charge on any atom is 0.253 e. The van der Waals surface area contributed by atoms with E-state index < -0.39 is 0 Å². The van der Waals surface area contributed by atoms with Crippen molar-refractivity contribution in [2.45, 2.75) is 20.3 Å². The van der Waals surface area contributed by atoms with Gasteiger partial charge in [0.05, 0.1) is 11.3 Å². The molecule has 0 unspecified atom stereocenters. The lowest BCUT2D eigenvalue weighted by Gasteiger charge is -2.11. The van der Waals surface area contributed by atoms with Gasteiger partial charge in [0.15, 0.2) is 5.65 Å². The second-order valence-corrected chi connectivity index (χ2v) is 6.62. The van der Waals surface area contributed by atoms with Gasteiger partial charge in [0.2, 0.25) is 0 Å². The zero-order valence-electron chi connectivity index (χ0n) is 15.7. The maximum atomic E-state index is 14.2. The highest BCUT2D eigenvalue weighted by Crippen LogP contribution is 2.22. The zero-order chi connectivity index (χ0) is 19.7. The van der Waals surface area contributed by atoms with Gasteiger partial charge in [0.1, 0.15) is 11.6 Å². The third-order valence-electron chi connectivity index (χ3n) is 4.79. The molecular formula is C21H20FN5O. The number of para-hydroxylation sites is 1. The summed E-state index contributed by atoms with van der Waals surface area (Å²) in [6.45, 7) is 4.11. The van der Waals surface area contributed by atoms with E-state index in [0.717, 1.165) is 17.2 Å². The van der Waals surface area contributed by atoms with Crippen LogP contribution in [-0.2, 0) is 6.42 Å². The molecule has 1 aromatic carbocycles. The van der Waals surface area contributed by atoms with Gasteiger partial charge in [-0.2, -0.15) is 0 Å². The number of benzene rings is 1. The molecule has 1 amide bonds. The second kappa shape index (κ2) is 7.26. The van der Waals surface area contributed by atoms with Crippen molar-refractivity contribution in [1.82, 2.24) is 24.5 Å². The molecule has 1 N–H and O–H groups in total. The third kappa shape index (κ3) is 3.15. The van der Waals surface area contributed by atoms with Crippen LogP contribution in [0.15, 0.2) is 54.7 Å². The Labute approximate surface area is 161 Å². The van der Waals surface area contributed by atoms with Gasteiger partial charge in [-0.05, 0) is 44.2 Å². The first-order valence-corrected chi connectivity index (χ1v) is 9.07. The van der Waals surface area contributed by atoms with Crippen molar-refractivity contribution < 1.29 is 9.18 Å². The minimum Gasteiger partial charge on any atom is -0.352 e. The van der Waals surface area contributed by atoms with Crippen LogP contribution in [0.3, 0.4) is 0 Å². The molecule has 3 heterocycles. The first-order valence-electron chi connectivity index (χ1n) is 9.07. The number of nitrogens with one attached hydrogen (secondary N) is 1. The van der Waals surface area contributed by atoms with E-state index in [0.29, 0.717) is 29.9 Å². The van der Waals surface area contributed by atoms with Crippen LogP contribution in [-0.4, -0.2) is 31.6 Å². The summed E-state index contributed by atoms with van der Waals surface area (Å²) >= 11 is 0. The summed E-state index contributed by atoms with van der Waals surface area (Å²) in [5, 5.41) is 11.2. The van der Waals surface area contributed by atoms with Crippen LogP contribution in [0.1, 0.15) is 27.6 Å². The van der Waals surface area contributed by atoms with Crippen molar-refractivity contribution in [3.8, 4) is 5.69 Å². The van der Waals surface area contributed by atoms with Crippen molar-refractivity contribution in [3.05, 3.63) is 83.3 Å². The van der Waals surface area contributed by atoms with Crippen molar-refractivity contribution in [2.75, 3.05) is 6.54 Å². The highest BCUT2D eigenvalue weighted by atomic mass is 19.1. The summed E-state index contributed by atoms with van der Waals surface area (Å²) in [4.78, 5) is 12.7. The molecule has 7 heteroatoms. The Morgan fingerprint density at radius 2 is 1.89 bits per heavy atom. The topological polar surface area (TPSA) is 64.2 Å². The Balaban J connectivity index is 1.50. The van der Waals surface area contributed by atoms with Gasteiger partial charge in [-0.1, -0.05) is 18.2 Å². The van der Waals surface area contributed by atoms with E-state index in [1.165, 1.54) is 6.07 Å². The van der Waals surface area contributed by atoms with Crippen LogP contribution in [0.5, 0.6) is 0 Å². The van der Waals surface area contributed by atoms with Crippen LogP contribution in [0.4, 0.5) is 4.39 Å². The number of hydrogen-bond acceptors (Lipinski definition) is 3. The number of aryl methyl sites for hydroxylation is 1. The van der Waals surface area contributed by atoms with E-state index in [1.54, 1.807) is 28.8 Å². The van der Waals surface area contributed by atoms with Crippen molar-refractivity contribution in [3.63, 3.8) is 0 Å². The van der Waals surface area contributed by atoms with Gasteiger partial charge in [0, 0.05) is 30.6 Å². The van der Waals surface area contributed by atoms with E-state index in [-0.39, 0.29) is 11.7 Å². The molecule has 142 valence electrons. The fraction of sp³-hybridized carbons (Fsp3) is 0.190. The molecule has 28 heavy (non-hydrogen) atoms. The minimum atomic E-state index is -0.324. The number of halogens is 1. The van der Waals surface area contributed by atoms with Gasteiger partial charge in [0.25, 0.3) is 5.91 Å². The fourth-order valence-corrected chi connectivity index (χ4v) is 3.44. The smallest absolute Gasteiger partial charge is 0.253 e. The molecule has 0 aliphatic rings. The van der Waals surface area contributed by atoms with Gasteiger partial charge in [-0.3, -0.25) is 9.20 Å². The highest BCUT2D eigenvalue weighted by Gasteiger charge is 2.18. The molecule has 0 radical (unpaired) electrons. The first kappa shape index (κ1) is 17.9. The van der Waals surface area contributed by atoms with Crippen LogP contribution in [0.2, 0.25) is 0 Å². The monoisotopic (exact) mass is 377 g/mol. The predicted octanol–water partition coefficient (Wildman–Crippen LogP) is 3.25. The van der Waals surface area contributed by atoms with Crippen LogP contribution in [0.25, 0.3) is 11.3 Å². The summed E-state index contributed by atoms with van der Waals surface area (Å²) in [6.07, 6.45) is 2.46. The summed E-state index contributed by atoms with van der Waals surface area (Å²) < 4.78 is 17.9. The van der Waals surface area contributed by atoms with Crippen molar-refractivity contribution >= 4 is 11.6 Å². The number of carbonyl (C=O) groups is 1. The van der Waals surface area contributed by atoms with E-state index in [4.69, 9.17) is 0 Å². The normalized spacial score (nSPS) is 11.1. The molecule has 3 aromatic heterocycles. The summed E-state index contributed by atoms with van der Waals surface area (Å²) in [7, 11) is 0. The largest absolute Gasteiger partial charge is 0.352 e. The molecule has 0 saturated carbocycles. The lowest BCUT2D eigenvalue weighted by molar-refractivity contribution is 0.0953. The number of fused-ring (bicyclic) bond motifs is 1. The average molecular weight is 377 g/mol. The highest BCUT2D eigenvalue weighted by molar-refractivity contribution is 5.95. The number of nitrogens with zero attached hydrogens (tertiary/aromatic N) is 4. The number of aromatic nitrogens is 4. The molecule has 0 saturated heterocycles. The van der Waals surface area contributed by atoms with Gasteiger partial charge < -0.3 is 9.88 Å². The first-order chi connectivity index (χ1) is 13.6. The molecule has 4 rings (SSSR count). The molecular weight excluding hydrogens is 357 g/mol. The molecule has 0 aliphatic carbocycles. The lowest BCUT2D eigenvalue weighted by Crippen LogP contribution is -2.26. The summed E-state index contributed by atoms with van der Waals surface area (Å²) in [5.41, 5.74) is 3.25. The Hall–Kier alpha value is -3.48. The predicted molar refractivity (Wildman–Crippen MR) is 104 cm³/mol. The van der Waals surface area contributed by atoms with Gasteiger partial charge in [-0.25, -0.2) is 4.39 Å². The number of rotatable bonds is 5. The summed E-state index contributed by atoms with van der Waals surface area (Å²) in [6, 6.07) is 14.0. The van der Waals surface area contributed by atoms with Crippen molar-refractivity contribution in [2.24, 2.45) is 0 Å². The minimum absolute atomic E-state index is 0.190. The molecule has 6 nitrogen and oxygen atoms in total. The van der Waals surface area contributed by atoms with E-state index in [2.05, 4.69) is 15.5 Å². The Kier molecular flexibility index (Phi) is 4.65. The fourth-order valence-electron chi connectivity index (χ4n) is 3.44. The molecule has 0 bridgehead atoms. The zero-order valence-corrected chi connectivity index (χ0v) is 15.7. The molecule has 0 spiro atoms. The van der Waals surface area contributed by atoms with Crippen LogP contribution >= 0.6 is 0 Å². The number of carbonyl (C=O) groups excluding carboxylic acids is 1. The second-order valence-electron chi connectivity index (χ2n) is 6.62. The third-order valence-corrected chi connectivity index (χ3v) is 4.79. The van der Waals surface area contributed by atoms with Crippen molar-refractivity contribution in [1.29, 1.82) is 0 Å². The maximum absolute atomic E-state index is 14.2. The van der Waals surface area contributed by atoms with E-state index >= 15 is 0 Å². The number of pyridine rings is 1. The number of hydrogen-bond donors (Lipinski definition) is 1. The Bertz CT molecular complexity index is 1160.